The molecule has 0 spiro atoms. The maximum Gasteiger partial charge on any atom is 0.269 e. The smallest absolute Gasteiger partial charge is 0.269 e. The van der Waals surface area contributed by atoms with Crippen molar-refractivity contribution in [2.75, 3.05) is 31.1 Å². The number of aromatic nitrogens is 1. The number of aryl methyl sites for hydroxylation is 1. The van der Waals surface area contributed by atoms with Crippen LogP contribution in [0.2, 0.25) is 0 Å². The van der Waals surface area contributed by atoms with Gasteiger partial charge >= 0.3 is 0 Å². The van der Waals surface area contributed by atoms with E-state index in [1.807, 2.05) is 6.20 Å². The number of hydrogen-bond acceptors (Lipinski definition) is 5. The summed E-state index contributed by atoms with van der Waals surface area (Å²) >= 11 is 0. The molecule has 0 N–H and O–H groups in total. The zero-order valence-corrected chi connectivity index (χ0v) is 18.0. The molecule has 3 aromatic rings. The molecule has 5 rings (SSSR count). The summed E-state index contributed by atoms with van der Waals surface area (Å²) in [6.45, 7) is 5.75. The Labute approximate surface area is 184 Å². The van der Waals surface area contributed by atoms with Gasteiger partial charge in [-0.25, -0.2) is 4.39 Å². The fourth-order valence-electron chi connectivity index (χ4n) is 5.03. The number of hydrogen-bond donors (Lipinski definition) is 0. The minimum Gasteiger partial charge on any atom is -0.366 e. The maximum absolute atomic E-state index is 15.3. The van der Waals surface area contributed by atoms with E-state index in [0.29, 0.717) is 30.7 Å². The average Bonchev–Trinajstić information content (AvgIpc) is 2.78. The summed E-state index contributed by atoms with van der Waals surface area (Å²) in [7, 11) is 0. The van der Waals surface area contributed by atoms with Gasteiger partial charge in [0.05, 0.1) is 16.1 Å². The van der Waals surface area contributed by atoms with E-state index < -0.39 is 4.92 Å². The molecule has 32 heavy (non-hydrogen) atoms. The standard InChI is InChI=1S/C24H25FN4O3/c1-16-2-7-19-23-20(22(30)8-9-28(16)23)14-21(25)24(19)27-12-10-26(11-13-27)15-17-3-5-18(6-4-17)29(31)32/h3-6,8-9,14,16H,2,7,10-13,15H2,1H3. The monoisotopic (exact) mass is 436 g/mol. The summed E-state index contributed by atoms with van der Waals surface area (Å²) in [6, 6.07) is 9.86. The Morgan fingerprint density at radius 3 is 2.53 bits per heavy atom. The molecule has 1 atom stereocenters. The predicted octanol–water partition coefficient (Wildman–Crippen LogP) is 3.88. The molecule has 1 saturated heterocycles. The molecule has 0 amide bonds. The van der Waals surface area contributed by atoms with Crippen molar-refractivity contribution in [1.82, 2.24) is 9.47 Å². The van der Waals surface area contributed by atoms with E-state index in [-0.39, 0.29) is 23.0 Å². The van der Waals surface area contributed by atoms with Crippen LogP contribution in [0.25, 0.3) is 10.9 Å². The molecule has 8 heteroatoms. The summed E-state index contributed by atoms with van der Waals surface area (Å²) in [5, 5.41) is 11.3. The van der Waals surface area contributed by atoms with Gasteiger partial charge in [0.15, 0.2) is 5.43 Å². The van der Waals surface area contributed by atoms with Crippen LogP contribution < -0.4 is 10.3 Å². The molecule has 0 radical (unpaired) electrons. The van der Waals surface area contributed by atoms with E-state index in [9.17, 15) is 14.9 Å². The lowest BCUT2D eigenvalue weighted by Gasteiger charge is -2.38. The lowest BCUT2D eigenvalue weighted by molar-refractivity contribution is -0.384. The number of benzene rings is 2. The Kier molecular flexibility index (Phi) is 5.17. The van der Waals surface area contributed by atoms with Crippen molar-refractivity contribution in [1.29, 1.82) is 0 Å². The van der Waals surface area contributed by atoms with Gasteiger partial charge in [-0.15, -0.1) is 0 Å². The molecule has 2 aliphatic rings. The van der Waals surface area contributed by atoms with Crippen molar-refractivity contribution in [2.45, 2.75) is 32.4 Å². The number of rotatable bonds is 4. The van der Waals surface area contributed by atoms with E-state index in [1.165, 1.54) is 24.3 Å². The molecule has 0 bridgehead atoms. The van der Waals surface area contributed by atoms with E-state index in [4.69, 9.17) is 0 Å². The topological polar surface area (TPSA) is 71.6 Å². The van der Waals surface area contributed by atoms with Crippen LogP contribution in [0.3, 0.4) is 0 Å². The fourth-order valence-corrected chi connectivity index (χ4v) is 5.03. The van der Waals surface area contributed by atoms with Crippen molar-refractivity contribution < 1.29 is 9.31 Å². The number of anilines is 1. The molecule has 1 aromatic heterocycles. The van der Waals surface area contributed by atoms with Gasteiger partial charge in [-0.3, -0.25) is 19.8 Å². The Hall–Kier alpha value is -3.26. The van der Waals surface area contributed by atoms with Gasteiger partial charge in [-0.2, -0.15) is 0 Å². The molecule has 3 heterocycles. The highest BCUT2D eigenvalue weighted by molar-refractivity contribution is 5.88. The molecule has 7 nitrogen and oxygen atoms in total. The summed E-state index contributed by atoms with van der Waals surface area (Å²) < 4.78 is 17.4. The van der Waals surface area contributed by atoms with Crippen LogP contribution >= 0.6 is 0 Å². The van der Waals surface area contributed by atoms with E-state index in [1.54, 1.807) is 12.1 Å². The molecule has 1 unspecified atom stereocenters. The van der Waals surface area contributed by atoms with Crippen LogP contribution in [-0.2, 0) is 13.0 Å². The first-order valence-corrected chi connectivity index (χ1v) is 11.0. The van der Waals surface area contributed by atoms with Gasteiger partial charge in [0.2, 0.25) is 0 Å². The second-order valence-corrected chi connectivity index (χ2v) is 8.74. The second kappa shape index (κ2) is 8.02. The van der Waals surface area contributed by atoms with Gasteiger partial charge in [0, 0.05) is 74.1 Å². The van der Waals surface area contributed by atoms with Crippen molar-refractivity contribution in [2.24, 2.45) is 0 Å². The summed E-state index contributed by atoms with van der Waals surface area (Å²) in [4.78, 5) is 27.2. The lowest BCUT2D eigenvalue weighted by Crippen LogP contribution is -2.46. The van der Waals surface area contributed by atoms with Crippen molar-refractivity contribution in [3.05, 3.63) is 79.9 Å². The number of non-ortho nitro benzene ring substituents is 1. The Morgan fingerprint density at radius 1 is 1.12 bits per heavy atom. The highest BCUT2D eigenvalue weighted by Gasteiger charge is 2.28. The summed E-state index contributed by atoms with van der Waals surface area (Å²) in [6.07, 6.45) is 3.51. The molecule has 2 aromatic carbocycles. The SMILES string of the molecule is CC1CCc2c(N3CCN(Cc4ccc([N+](=O)[O-])cc4)CC3)c(F)cc3c(=O)ccn1c23. The van der Waals surface area contributed by atoms with Gasteiger partial charge in [-0.05, 0) is 31.4 Å². The van der Waals surface area contributed by atoms with Gasteiger partial charge in [0.25, 0.3) is 5.69 Å². The van der Waals surface area contributed by atoms with Gasteiger partial charge in [-0.1, -0.05) is 12.1 Å². The number of nitro benzene ring substituents is 1. The van der Waals surface area contributed by atoms with Crippen LogP contribution in [-0.4, -0.2) is 40.6 Å². The minimum atomic E-state index is -0.395. The largest absolute Gasteiger partial charge is 0.366 e. The predicted molar refractivity (Wildman–Crippen MR) is 122 cm³/mol. The molecular weight excluding hydrogens is 411 g/mol. The van der Waals surface area contributed by atoms with E-state index in [0.717, 1.165) is 42.6 Å². The van der Waals surface area contributed by atoms with Crippen LogP contribution in [0, 0.1) is 15.9 Å². The highest BCUT2D eigenvalue weighted by atomic mass is 19.1. The first-order valence-electron chi connectivity index (χ1n) is 11.0. The molecule has 166 valence electrons. The number of piperazine rings is 1. The molecule has 0 aliphatic carbocycles. The van der Waals surface area contributed by atoms with Crippen LogP contribution in [0.1, 0.15) is 30.5 Å². The van der Waals surface area contributed by atoms with Crippen molar-refractivity contribution >= 4 is 22.3 Å². The van der Waals surface area contributed by atoms with Crippen molar-refractivity contribution in [3.8, 4) is 0 Å². The lowest BCUT2D eigenvalue weighted by atomic mass is 9.94. The number of halogens is 1. The first-order chi connectivity index (χ1) is 15.4. The second-order valence-electron chi connectivity index (χ2n) is 8.74. The zero-order valence-electron chi connectivity index (χ0n) is 18.0. The molecule has 1 fully saturated rings. The quantitative estimate of drug-likeness (QED) is 0.459. The summed E-state index contributed by atoms with van der Waals surface area (Å²) in [5.74, 6) is -0.319. The average molecular weight is 436 g/mol. The third-order valence-electron chi connectivity index (χ3n) is 6.76. The summed E-state index contributed by atoms with van der Waals surface area (Å²) in [5.41, 5.74) is 3.44. The zero-order chi connectivity index (χ0) is 22.4. The van der Waals surface area contributed by atoms with Crippen LogP contribution in [0.5, 0.6) is 0 Å². The number of nitro groups is 1. The Bertz CT molecular complexity index is 1250. The van der Waals surface area contributed by atoms with E-state index in [2.05, 4.69) is 21.3 Å². The normalized spacial score (nSPS) is 18.8. The minimum absolute atomic E-state index is 0.0899. The van der Waals surface area contributed by atoms with Crippen LogP contribution in [0.4, 0.5) is 15.8 Å². The van der Waals surface area contributed by atoms with Gasteiger partial charge < -0.3 is 9.47 Å². The molecule has 0 saturated carbocycles. The molecular formula is C24H25FN4O3. The third kappa shape index (κ3) is 3.54. The number of pyridine rings is 1. The molecule has 2 aliphatic heterocycles. The Morgan fingerprint density at radius 2 is 1.84 bits per heavy atom. The number of nitrogens with zero attached hydrogens (tertiary/aromatic N) is 4. The Balaban J connectivity index is 1.38. The van der Waals surface area contributed by atoms with Gasteiger partial charge in [0.1, 0.15) is 5.82 Å². The van der Waals surface area contributed by atoms with E-state index >= 15 is 4.39 Å². The van der Waals surface area contributed by atoms with Crippen LogP contribution in [0.15, 0.2) is 47.4 Å². The first kappa shape index (κ1) is 20.6. The van der Waals surface area contributed by atoms with Crippen molar-refractivity contribution in [3.63, 3.8) is 0 Å². The third-order valence-corrected chi connectivity index (χ3v) is 6.76. The fraction of sp³-hybridized carbons (Fsp3) is 0.375. The highest BCUT2D eigenvalue weighted by Crippen LogP contribution is 2.38. The maximum atomic E-state index is 15.3.